The van der Waals surface area contributed by atoms with Crippen molar-refractivity contribution < 1.29 is 9.53 Å². The molecule has 0 unspecified atom stereocenters. The molecule has 2 aliphatic heterocycles. The molecule has 0 aromatic carbocycles. The van der Waals surface area contributed by atoms with Crippen molar-refractivity contribution in [2.75, 3.05) is 44.9 Å². The molecule has 1 atom stereocenters. The van der Waals surface area contributed by atoms with Gasteiger partial charge < -0.3 is 15.8 Å². The van der Waals surface area contributed by atoms with Crippen LogP contribution in [-0.2, 0) is 9.53 Å². The summed E-state index contributed by atoms with van der Waals surface area (Å²) in [5.74, 6) is 0.927. The van der Waals surface area contributed by atoms with Crippen molar-refractivity contribution >= 4 is 17.7 Å². The van der Waals surface area contributed by atoms with Crippen molar-refractivity contribution in [3.05, 3.63) is 0 Å². The van der Waals surface area contributed by atoms with Crippen LogP contribution < -0.4 is 11.1 Å². The van der Waals surface area contributed by atoms with Crippen LogP contribution in [0.4, 0.5) is 0 Å². The van der Waals surface area contributed by atoms with Crippen molar-refractivity contribution in [3.8, 4) is 0 Å². The van der Waals surface area contributed by atoms with Gasteiger partial charge in [0.15, 0.2) is 0 Å². The molecule has 22 heavy (non-hydrogen) atoms. The highest BCUT2D eigenvalue weighted by atomic mass is 32.2. The van der Waals surface area contributed by atoms with Crippen LogP contribution in [0.5, 0.6) is 0 Å². The van der Waals surface area contributed by atoms with Gasteiger partial charge in [0.25, 0.3) is 0 Å². The fraction of sp³-hybridized carbons (Fsp3) is 0.938. The van der Waals surface area contributed by atoms with Crippen LogP contribution in [0.3, 0.4) is 0 Å². The molecule has 0 spiro atoms. The molecule has 0 radical (unpaired) electrons. The molecule has 2 rings (SSSR count). The van der Waals surface area contributed by atoms with Crippen LogP contribution in [0.25, 0.3) is 0 Å². The van der Waals surface area contributed by atoms with Crippen LogP contribution >= 0.6 is 11.8 Å². The number of nitrogens with zero attached hydrogens (tertiary/aromatic N) is 1. The van der Waals surface area contributed by atoms with Crippen molar-refractivity contribution in [1.29, 1.82) is 0 Å². The predicted molar refractivity (Wildman–Crippen MR) is 92.2 cm³/mol. The molecule has 6 heteroatoms. The Morgan fingerprint density at radius 1 is 1.32 bits per heavy atom. The Balaban J connectivity index is 1.90. The van der Waals surface area contributed by atoms with Gasteiger partial charge in [0.1, 0.15) is 0 Å². The molecular weight excluding hydrogens is 298 g/mol. The second-order valence-corrected chi connectivity index (χ2v) is 7.48. The smallest absolute Gasteiger partial charge is 0.237 e. The molecule has 128 valence electrons. The van der Waals surface area contributed by atoms with Crippen LogP contribution in [0.1, 0.15) is 38.5 Å². The minimum atomic E-state index is -0.384. The average Bonchev–Trinajstić information content (AvgIpc) is 2.59. The zero-order valence-electron chi connectivity index (χ0n) is 13.8. The summed E-state index contributed by atoms with van der Waals surface area (Å²) in [5.41, 5.74) is 6.05. The number of hydrogen-bond acceptors (Lipinski definition) is 5. The fourth-order valence-electron chi connectivity index (χ4n) is 3.48. The first-order valence-electron chi connectivity index (χ1n) is 8.53. The van der Waals surface area contributed by atoms with E-state index in [9.17, 15) is 4.79 Å². The molecule has 2 saturated heterocycles. The van der Waals surface area contributed by atoms with Crippen LogP contribution in [0.2, 0.25) is 0 Å². The molecule has 2 aliphatic rings. The predicted octanol–water partition coefficient (Wildman–Crippen LogP) is 1.22. The van der Waals surface area contributed by atoms with E-state index in [1.807, 2.05) is 6.26 Å². The Hall–Kier alpha value is -0.300. The lowest BCUT2D eigenvalue weighted by Gasteiger charge is -2.48. The van der Waals surface area contributed by atoms with Gasteiger partial charge in [-0.25, -0.2) is 0 Å². The molecular formula is C16H31N3O2S. The summed E-state index contributed by atoms with van der Waals surface area (Å²) in [4.78, 5) is 14.8. The van der Waals surface area contributed by atoms with Gasteiger partial charge in [-0.1, -0.05) is 6.42 Å². The minimum Gasteiger partial charge on any atom is -0.381 e. The first-order chi connectivity index (χ1) is 10.7. The number of amides is 1. The molecule has 0 aliphatic carbocycles. The van der Waals surface area contributed by atoms with E-state index in [2.05, 4.69) is 10.2 Å². The molecule has 2 fully saturated rings. The highest BCUT2D eigenvalue weighted by molar-refractivity contribution is 7.98. The van der Waals surface area contributed by atoms with Gasteiger partial charge in [0.2, 0.25) is 5.91 Å². The lowest BCUT2D eigenvalue weighted by Crippen LogP contribution is -2.60. The number of likely N-dealkylation sites (tertiary alicyclic amines) is 1. The largest absolute Gasteiger partial charge is 0.381 e. The Labute approximate surface area is 138 Å². The number of thioether (sulfide) groups is 1. The average molecular weight is 330 g/mol. The second kappa shape index (κ2) is 9.11. The highest BCUT2D eigenvalue weighted by Gasteiger charge is 2.39. The maximum absolute atomic E-state index is 12.2. The summed E-state index contributed by atoms with van der Waals surface area (Å²) in [6.07, 6.45) is 8.66. The quantitative estimate of drug-likeness (QED) is 0.735. The lowest BCUT2D eigenvalue weighted by atomic mass is 9.86. The lowest BCUT2D eigenvalue weighted by molar-refractivity contribution is -0.124. The van der Waals surface area contributed by atoms with Crippen molar-refractivity contribution in [1.82, 2.24) is 10.2 Å². The van der Waals surface area contributed by atoms with E-state index in [1.54, 1.807) is 11.8 Å². The molecule has 0 saturated carbocycles. The standard InChI is InChI=1S/C16H31N3O2S/c1-22-12-5-14(17)15(20)18-13-16(6-10-21-11-7-16)19-8-3-2-4-9-19/h14H,2-13,17H2,1H3,(H,18,20)/t14-/m0/s1. The van der Waals surface area contributed by atoms with Gasteiger partial charge in [0, 0.05) is 25.3 Å². The number of rotatable bonds is 7. The number of piperidine rings is 1. The first kappa shape index (κ1) is 18.0. The molecule has 1 amide bonds. The number of ether oxygens (including phenoxy) is 1. The molecule has 5 nitrogen and oxygen atoms in total. The topological polar surface area (TPSA) is 67.6 Å². The Bertz CT molecular complexity index is 342. The van der Waals surface area contributed by atoms with Gasteiger partial charge >= 0.3 is 0 Å². The molecule has 2 heterocycles. The van der Waals surface area contributed by atoms with E-state index in [4.69, 9.17) is 10.5 Å². The number of carbonyl (C=O) groups is 1. The van der Waals surface area contributed by atoms with Crippen LogP contribution in [0, 0.1) is 0 Å². The molecule has 0 aromatic rings. The molecule has 3 N–H and O–H groups in total. The Morgan fingerprint density at radius 2 is 2.00 bits per heavy atom. The third-order valence-corrected chi connectivity index (χ3v) is 5.66. The van der Waals surface area contributed by atoms with Gasteiger partial charge in [-0.3, -0.25) is 9.69 Å². The van der Waals surface area contributed by atoms with Crippen molar-refractivity contribution in [3.63, 3.8) is 0 Å². The maximum atomic E-state index is 12.2. The first-order valence-corrected chi connectivity index (χ1v) is 9.92. The van der Waals surface area contributed by atoms with E-state index < -0.39 is 0 Å². The zero-order valence-corrected chi connectivity index (χ0v) is 14.6. The van der Waals surface area contributed by atoms with E-state index in [1.165, 1.54) is 19.3 Å². The van der Waals surface area contributed by atoms with Crippen LogP contribution in [0.15, 0.2) is 0 Å². The Morgan fingerprint density at radius 3 is 2.64 bits per heavy atom. The normalized spacial score (nSPS) is 23.9. The summed E-state index contributed by atoms with van der Waals surface area (Å²) < 4.78 is 5.56. The van der Waals surface area contributed by atoms with E-state index in [-0.39, 0.29) is 17.5 Å². The monoisotopic (exact) mass is 329 g/mol. The third kappa shape index (κ3) is 4.85. The van der Waals surface area contributed by atoms with E-state index in [0.29, 0.717) is 6.54 Å². The van der Waals surface area contributed by atoms with Crippen LogP contribution in [-0.4, -0.2) is 67.2 Å². The summed E-state index contributed by atoms with van der Waals surface area (Å²) in [7, 11) is 0. The highest BCUT2D eigenvalue weighted by Crippen LogP contribution is 2.30. The molecule has 0 aromatic heterocycles. The fourth-order valence-corrected chi connectivity index (χ4v) is 3.97. The number of carbonyl (C=O) groups excluding carboxylic acids is 1. The van der Waals surface area contributed by atoms with Gasteiger partial charge in [0.05, 0.1) is 6.04 Å². The van der Waals surface area contributed by atoms with Gasteiger partial charge in [-0.05, 0) is 57.2 Å². The Kier molecular flexibility index (Phi) is 7.47. The summed E-state index contributed by atoms with van der Waals surface area (Å²) in [6.45, 7) is 4.60. The number of nitrogens with two attached hydrogens (primary N) is 1. The van der Waals surface area contributed by atoms with Gasteiger partial charge in [-0.2, -0.15) is 11.8 Å². The third-order valence-electron chi connectivity index (χ3n) is 5.01. The molecule has 0 bridgehead atoms. The summed E-state index contributed by atoms with van der Waals surface area (Å²) in [6, 6.07) is -0.384. The van der Waals surface area contributed by atoms with Gasteiger partial charge in [-0.15, -0.1) is 0 Å². The minimum absolute atomic E-state index is 0.00285. The maximum Gasteiger partial charge on any atom is 0.237 e. The van der Waals surface area contributed by atoms with E-state index >= 15 is 0 Å². The summed E-state index contributed by atoms with van der Waals surface area (Å²) in [5, 5.41) is 3.13. The summed E-state index contributed by atoms with van der Waals surface area (Å²) >= 11 is 1.73. The number of nitrogens with one attached hydrogen (secondary N) is 1. The van der Waals surface area contributed by atoms with E-state index in [0.717, 1.165) is 51.3 Å². The zero-order chi connectivity index (χ0) is 15.8. The van der Waals surface area contributed by atoms with Crippen molar-refractivity contribution in [2.24, 2.45) is 5.73 Å². The number of hydrogen-bond donors (Lipinski definition) is 2. The van der Waals surface area contributed by atoms with Crippen molar-refractivity contribution in [2.45, 2.75) is 50.1 Å². The SMILES string of the molecule is CSCC[C@H](N)C(=O)NCC1(N2CCCCC2)CCOCC1. The second-order valence-electron chi connectivity index (χ2n) is 6.49.